The van der Waals surface area contributed by atoms with Gasteiger partial charge in [0.15, 0.2) is 0 Å². The average molecular weight is 359 g/mol. The maximum Gasteiger partial charge on any atom is 0.253 e. The largest absolute Gasteiger partial charge is 0.336 e. The maximum absolute atomic E-state index is 12.6. The molecule has 1 amide bonds. The maximum atomic E-state index is 12.6. The van der Waals surface area contributed by atoms with Crippen LogP contribution in [0.15, 0.2) is 48.5 Å². The van der Waals surface area contributed by atoms with E-state index in [2.05, 4.69) is 10.8 Å². The van der Waals surface area contributed by atoms with Crippen molar-refractivity contribution in [1.82, 2.24) is 15.7 Å². The summed E-state index contributed by atoms with van der Waals surface area (Å²) in [5, 5.41) is 12.0. The van der Waals surface area contributed by atoms with Crippen LogP contribution >= 0.6 is 0 Å². The third-order valence-electron chi connectivity index (χ3n) is 4.67. The van der Waals surface area contributed by atoms with Gasteiger partial charge in [0.1, 0.15) is 6.17 Å². The molecule has 0 bridgehead atoms. The molecular formula is C20H26FN3O2. The number of rotatable bonds is 8. The van der Waals surface area contributed by atoms with E-state index in [1.807, 2.05) is 43.3 Å². The van der Waals surface area contributed by atoms with Crippen molar-refractivity contribution in [1.29, 1.82) is 0 Å². The molecule has 2 rings (SSSR count). The van der Waals surface area contributed by atoms with Crippen LogP contribution in [0, 0.1) is 0 Å². The molecule has 0 heterocycles. The second-order valence-corrected chi connectivity index (χ2v) is 6.27. The van der Waals surface area contributed by atoms with Crippen LogP contribution in [0.5, 0.6) is 0 Å². The van der Waals surface area contributed by atoms with Gasteiger partial charge in [-0.2, -0.15) is 5.48 Å². The Morgan fingerprint density at radius 1 is 1.12 bits per heavy atom. The Morgan fingerprint density at radius 3 is 2.12 bits per heavy atom. The quantitative estimate of drug-likeness (QED) is 0.501. The van der Waals surface area contributed by atoms with Crippen molar-refractivity contribution in [2.75, 3.05) is 20.8 Å². The average Bonchev–Trinajstić information content (AvgIpc) is 2.68. The fourth-order valence-electron chi connectivity index (χ4n) is 2.80. The lowest BCUT2D eigenvalue weighted by Gasteiger charge is -2.31. The first-order valence-corrected chi connectivity index (χ1v) is 8.61. The molecule has 0 radical (unpaired) electrons. The van der Waals surface area contributed by atoms with E-state index in [4.69, 9.17) is 5.21 Å². The topological polar surface area (TPSA) is 64.6 Å². The smallest absolute Gasteiger partial charge is 0.253 e. The van der Waals surface area contributed by atoms with E-state index in [0.29, 0.717) is 12.0 Å². The Labute approximate surface area is 153 Å². The number of halogens is 1. The predicted octanol–water partition coefficient (Wildman–Crippen LogP) is 2.85. The van der Waals surface area contributed by atoms with E-state index in [1.165, 1.54) is 0 Å². The molecule has 0 fully saturated rings. The monoisotopic (exact) mass is 359 g/mol. The van der Waals surface area contributed by atoms with Crippen LogP contribution in [-0.2, 0) is 6.42 Å². The van der Waals surface area contributed by atoms with Crippen molar-refractivity contribution < 1.29 is 14.4 Å². The van der Waals surface area contributed by atoms with Crippen LogP contribution in [0.4, 0.5) is 4.39 Å². The highest BCUT2D eigenvalue weighted by Gasteiger charge is 2.23. The third-order valence-corrected chi connectivity index (χ3v) is 4.67. The number of likely N-dealkylation sites (N-methyl/N-ethyl adjacent to an activating group) is 2. The highest BCUT2D eigenvalue weighted by molar-refractivity contribution is 5.94. The zero-order chi connectivity index (χ0) is 19.1. The van der Waals surface area contributed by atoms with E-state index >= 15 is 0 Å². The number of hydrogen-bond donors (Lipinski definition) is 3. The molecule has 0 saturated heterocycles. The Hall–Kier alpha value is -2.28. The first-order chi connectivity index (χ1) is 12.5. The lowest BCUT2D eigenvalue weighted by atomic mass is 10.0. The van der Waals surface area contributed by atoms with E-state index in [-0.39, 0.29) is 18.6 Å². The summed E-state index contributed by atoms with van der Waals surface area (Å²) in [6.07, 6.45) is 0.000200. The molecule has 2 atom stereocenters. The zero-order valence-corrected chi connectivity index (χ0v) is 15.4. The Kier molecular flexibility index (Phi) is 7.26. The number of benzene rings is 2. The molecule has 26 heavy (non-hydrogen) atoms. The molecule has 3 N–H and O–H groups in total. The fraction of sp³-hybridized carbons (Fsp3) is 0.350. The first-order valence-electron chi connectivity index (χ1n) is 8.61. The SMILES string of the molecule is CNC(NO)C(C)N(C)C(=O)c1ccc(-c2ccc(CCF)cc2)cc1. The van der Waals surface area contributed by atoms with Gasteiger partial charge in [-0.05, 0) is 42.8 Å². The van der Waals surface area contributed by atoms with E-state index < -0.39 is 6.17 Å². The number of hydroxylamine groups is 1. The summed E-state index contributed by atoms with van der Waals surface area (Å²) in [6, 6.07) is 14.9. The number of nitrogens with zero attached hydrogens (tertiary/aromatic N) is 1. The van der Waals surface area contributed by atoms with Crippen LogP contribution in [0.25, 0.3) is 11.1 Å². The minimum absolute atomic E-state index is 0.127. The number of hydrogen-bond acceptors (Lipinski definition) is 4. The molecule has 6 heteroatoms. The molecule has 0 saturated carbocycles. The lowest BCUT2D eigenvalue weighted by Crippen LogP contribution is -2.54. The standard InChI is InChI=1S/C20H26FN3O2/c1-14(19(22-2)23-26)24(3)20(25)18-10-8-17(9-11-18)16-6-4-15(5-7-16)12-13-21/h4-11,14,19,22-23,26H,12-13H2,1-3H3. The Morgan fingerprint density at radius 2 is 1.65 bits per heavy atom. The van der Waals surface area contributed by atoms with E-state index in [1.54, 1.807) is 31.1 Å². The fourth-order valence-corrected chi connectivity index (χ4v) is 2.80. The number of carbonyl (C=O) groups is 1. The van der Waals surface area contributed by atoms with Gasteiger partial charge in [-0.15, -0.1) is 0 Å². The highest BCUT2D eigenvalue weighted by atomic mass is 19.1. The van der Waals surface area contributed by atoms with Crippen LogP contribution in [0.1, 0.15) is 22.8 Å². The van der Waals surface area contributed by atoms with Gasteiger partial charge in [-0.25, -0.2) is 0 Å². The van der Waals surface area contributed by atoms with E-state index in [9.17, 15) is 9.18 Å². The molecule has 0 aromatic heterocycles. The van der Waals surface area contributed by atoms with Gasteiger partial charge in [-0.3, -0.25) is 9.18 Å². The second kappa shape index (κ2) is 9.43. The molecule has 2 unspecified atom stereocenters. The molecule has 2 aromatic carbocycles. The summed E-state index contributed by atoms with van der Waals surface area (Å²) in [7, 11) is 3.41. The Bertz CT molecular complexity index is 700. The number of carbonyl (C=O) groups excluding carboxylic acids is 1. The number of amides is 1. The van der Waals surface area contributed by atoms with Crippen molar-refractivity contribution in [2.24, 2.45) is 0 Å². The molecule has 0 aliphatic carbocycles. The summed E-state index contributed by atoms with van der Waals surface area (Å²) in [6.45, 7) is 1.48. The Balaban J connectivity index is 2.11. The molecule has 0 aliphatic heterocycles. The van der Waals surface area contributed by atoms with Crippen LogP contribution in [0.2, 0.25) is 0 Å². The summed E-state index contributed by atoms with van der Waals surface area (Å²) in [5.41, 5.74) is 5.71. The molecule has 2 aromatic rings. The summed E-state index contributed by atoms with van der Waals surface area (Å²) >= 11 is 0. The zero-order valence-electron chi connectivity index (χ0n) is 15.4. The predicted molar refractivity (Wildman–Crippen MR) is 101 cm³/mol. The molecule has 140 valence electrons. The van der Waals surface area contributed by atoms with Crippen molar-refractivity contribution in [3.05, 3.63) is 59.7 Å². The van der Waals surface area contributed by atoms with Crippen molar-refractivity contribution in [3.8, 4) is 11.1 Å². The summed E-state index contributed by atoms with van der Waals surface area (Å²) < 4.78 is 12.4. The highest BCUT2D eigenvalue weighted by Crippen LogP contribution is 2.21. The second-order valence-electron chi connectivity index (χ2n) is 6.27. The lowest BCUT2D eigenvalue weighted by molar-refractivity contribution is 0.0493. The summed E-state index contributed by atoms with van der Waals surface area (Å²) in [4.78, 5) is 14.2. The van der Waals surface area contributed by atoms with Gasteiger partial charge in [0.05, 0.1) is 12.7 Å². The van der Waals surface area contributed by atoms with Gasteiger partial charge < -0.3 is 15.4 Å². The van der Waals surface area contributed by atoms with Gasteiger partial charge in [-0.1, -0.05) is 36.4 Å². The summed E-state index contributed by atoms with van der Waals surface area (Å²) in [5.74, 6) is -0.127. The number of aryl methyl sites for hydroxylation is 1. The molecular weight excluding hydrogens is 333 g/mol. The molecule has 0 aliphatic rings. The molecule has 0 spiro atoms. The normalized spacial score (nSPS) is 13.3. The third kappa shape index (κ3) is 4.66. The first kappa shape index (κ1) is 20.0. The number of alkyl halides is 1. The van der Waals surface area contributed by atoms with Crippen LogP contribution < -0.4 is 10.8 Å². The van der Waals surface area contributed by atoms with Crippen molar-refractivity contribution in [3.63, 3.8) is 0 Å². The minimum atomic E-state index is -0.425. The number of nitrogens with one attached hydrogen (secondary N) is 2. The van der Waals surface area contributed by atoms with E-state index in [0.717, 1.165) is 16.7 Å². The van der Waals surface area contributed by atoms with Crippen LogP contribution in [-0.4, -0.2) is 49.0 Å². The van der Waals surface area contributed by atoms with Crippen LogP contribution in [0.3, 0.4) is 0 Å². The van der Waals surface area contributed by atoms with Gasteiger partial charge in [0.2, 0.25) is 0 Å². The molecule has 5 nitrogen and oxygen atoms in total. The minimum Gasteiger partial charge on any atom is -0.336 e. The van der Waals surface area contributed by atoms with Crippen molar-refractivity contribution >= 4 is 5.91 Å². The van der Waals surface area contributed by atoms with Gasteiger partial charge in [0, 0.05) is 19.0 Å². The van der Waals surface area contributed by atoms with Crippen molar-refractivity contribution in [2.45, 2.75) is 25.6 Å². The van der Waals surface area contributed by atoms with Gasteiger partial charge >= 0.3 is 0 Å². The van der Waals surface area contributed by atoms with Gasteiger partial charge in [0.25, 0.3) is 5.91 Å².